The molecule has 1 amide bonds. The molecule has 0 saturated carbocycles. The Balaban J connectivity index is 2.36. The second-order valence-corrected chi connectivity index (χ2v) is 15.1. The van der Waals surface area contributed by atoms with Gasteiger partial charge in [-0.05, 0) is 12.8 Å². The minimum absolute atomic E-state index is 0.132. The van der Waals surface area contributed by atoms with Crippen LogP contribution in [-0.4, -0.2) is 87.5 Å². The molecule has 0 aliphatic carbocycles. The lowest BCUT2D eigenvalue weighted by Gasteiger charge is -2.40. The molecular weight excluding hydrogens is 634 g/mol. The molecule has 1 rings (SSSR count). The van der Waals surface area contributed by atoms with E-state index in [1.54, 1.807) is 0 Å². The molecule has 0 spiro atoms. The zero-order valence-electron chi connectivity index (χ0n) is 32.4. The molecule has 50 heavy (non-hydrogen) atoms. The van der Waals surface area contributed by atoms with Crippen molar-refractivity contribution < 1.29 is 39.8 Å². The van der Waals surface area contributed by atoms with Gasteiger partial charge in [-0.1, -0.05) is 181 Å². The summed E-state index contributed by atoms with van der Waals surface area (Å²) in [6.45, 7) is 3.83. The van der Waals surface area contributed by atoms with E-state index >= 15 is 0 Å². The first-order valence-corrected chi connectivity index (χ1v) is 21.2. The molecule has 0 bridgehead atoms. The maximum atomic E-state index is 12.9. The number of ether oxygens (including phenoxy) is 2. The fourth-order valence-electron chi connectivity index (χ4n) is 6.98. The van der Waals surface area contributed by atoms with Crippen molar-refractivity contribution in [1.29, 1.82) is 0 Å². The summed E-state index contributed by atoms with van der Waals surface area (Å²) in [4.78, 5) is 12.9. The predicted molar refractivity (Wildman–Crippen MR) is 203 cm³/mol. The summed E-state index contributed by atoms with van der Waals surface area (Å²) in [6, 6.07) is -0.709. The molecule has 1 aliphatic heterocycles. The molecule has 7 atom stereocenters. The van der Waals surface area contributed by atoms with E-state index in [2.05, 4.69) is 19.2 Å². The molecule has 2 unspecified atom stereocenters. The Hall–Kier alpha value is -0.810. The molecule has 9 heteroatoms. The number of nitrogens with one attached hydrogen (secondary N) is 1. The Morgan fingerprint density at radius 3 is 1.42 bits per heavy atom. The van der Waals surface area contributed by atoms with Gasteiger partial charge in [-0.2, -0.15) is 0 Å². The van der Waals surface area contributed by atoms with Crippen LogP contribution in [0, 0.1) is 0 Å². The van der Waals surface area contributed by atoms with Gasteiger partial charge in [0.2, 0.25) is 5.91 Å². The molecule has 9 nitrogen and oxygen atoms in total. The van der Waals surface area contributed by atoms with Gasteiger partial charge in [0.1, 0.15) is 24.4 Å². The number of unbranched alkanes of at least 4 members (excludes halogenated alkanes) is 25. The van der Waals surface area contributed by atoms with Crippen LogP contribution in [0.3, 0.4) is 0 Å². The average molecular weight is 716 g/mol. The number of hydrogen-bond acceptors (Lipinski definition) is 8. The third-order valence-corrected chi connectivity index (χ3v) is 10.5. The summed E-state index contributed by atoms with van der Waals surface area (Å²) in [5.41, 5.74) is 0. The number of hydrogen-bond donors (Lipinski definition) is 6. The van der Waals surface area contributed by atoms with Crippen LogP contribution < -0.4 is 5.32 Å². The summed E-state index contributed by atoms with van der Waals surface area (Å²) in [7, 11) is 0. The third-order valence-electron chi connectivity index (χ3n) is 10.5. The van der Waals surface area contributed by atoms with Crippen LogP contribution in [0.5, 0.6) is 0 Å². The third kappa shape index (κ3) is 23.7. The fraction of sp³-hybridized carbons (Fsp3) is 0.976. The molecule has 1 heterocycles. The molecule has 298 valence electrons. The number of carbonyl (C=O) groups excluding carboxylic acids is 1. The standard InChI is InChI=1S/C41H81NO8/c1-3-5-7-9-11-13-15-17-18-19-21-23-25-27-29-31-37(45)42-34(33-49-41-40(48)39(47)38(46)36(32-43)50-41)35(44)30-28-26-24-22-20-16-14-12-10-8-6-4-2/h34-36,38-41,43-44,46-48H,3-33H2,1-2H3,(H,42,45)/t34-,35+,36-,38-,39?,40?,41-/m0/s1. The van der Waals surface area contributed by atoms with Crippen molar-refractivity contribution in [3.05, 3.63) is 0 Å². The number of aliphatic hydroxyl groups is 5. The summed E-state index contributed by atoms with van der Waals surface area (Å²) >= 11 is 0. The maximum absolute atomic E-state index is 12.9. The lowest BCUT2D eigenvalue weighted by Crippen LogP contribution is -2.60. The Morgan fingerprint density at radius 2 is 1.00 bits per heavy atom. The number of amides is 1. The van der Waals surface area contributed by atoms with E-state index in [4.69, 9.17) is 9.47 Å². The smallest absolute Gasteiger partial charge is 0.220 e. The molecule has 1 aliphatic rings. The van der Waals surface area contributed by atoms with E-state index < -0.39 is 49.5 Å². The summed E-state index contributed by atoms with van der Waals surface area (Å²) in [5, 5.41) is 54.2. The van der Waals surface area contributed by atoms with Crippen molar-refractivity contribution in [2.75, 3.05) is 13.2 Å². The Labute approximate surface area is 306 Å². The van der Waals surface area contributed by atoms with E-state index in [1.165, 1.54) is 135 Å². The lowest BCUT2D eigenvalue weighted by molar-refractivity contribution is -0.302. The first kappa shape index (κ1) is 47.2. The second kappa shape index (κ2) is 32.8. The lowest BCUT2D eigenvalue weighted by atomic mass is 9.99. The maximum Gasteiger partial charge on any atom is 0.220 e. The highest BCUT2D eigenvalue weighted by Crippen LogP contribution is 2.23. The van der Waals surface area contributed by atoms with Crippen molar-refractivity contribution >= 4 is 5.91 Å². The first-order chi connectivity index (χ1) is 24.3. The van der Waals surface area contributed by atoms with Crippen LogP contribution in [0.2, 0.25) is 0 Å². The molecule has 0 aromatic rings. The SMILES string of the molecule is CCCCCCCCCCCCCCCCCC(=O)N[C@@H](CO[C@H]1O[C@@H](CO)[C@H](O)C(O)C1O)[C@H](O)CCCCCCCCCCCCCC. The van der Waals surface area contributed by atoms with Gasteiger partial charge in [0.25, 0.3) is 0 Å². The van der Waals surface area contributed by atoms with Gasteiger partial charge in [-0.15, -0.1) is 0 Å². The van der Waals surface area contributed by atoms with Crippen molar-refractivity contribution in [3.63, 3.8) is 0 Å². The highest BCUT2D eigenvalue weighted by molar-refractivity contribution is 5.76. The van der Waals surface area contributed by atoms with Crippen molar-refractivity contribution in [1.82, 2.24) is 5.32 Å². The second-order valence-electron chi connectivity index (χ2n) is 15.1. The molecule has 0 aromatic heterocycles. The van der Waals surface area contributed by atoms with Gasteiger partial charge in [-0.25, -0.2) is 0 Å². The highest BCUT2D eigenvalue weighted by Gasteiger charge is 2.44. The monoisotopic (exact) mass is 716 g/mol. The molecular formula is C41H81NO8. The Kier molecular flexibility index (Phi) is 31.0. The van der Waals surface area contributed by atoms with Crippen LogP contribution in [0.1, 0.15) is 200 Å². The molecule has 1 saturated heterocycles. The quantitative estimate of drug-likeness (QED) is 0.0362. The topological polar surface area (TPSA) is 149 Å². The van der Waals surface area contributed by atoms with Gasteiger partial charge in [0.15, 0.2) is 6.29 Å². The van der Waals surface area contributed by atoms with Gasteiger partial charge in [-0.3, -0.25) is 4.79 Å². The van der Waals surface area contributed by atoms with E-state index in [-0.39, 0.29) is 12.5 Å². The zero-order chi connectivity index (χ0) is 36.7. The van der Waals surface area contributed by atoms with E-state index in [0.717, 1.165) is 38.5 Å². The van der Waals surface area contributed by atoms with E-state index in [9.17, 15) is 30.3 Å². The number of aliphatic hydroxyl groups excluding tert-OH is 5. The van der Waals surface area contributed by atoms with Crippen LogP contribution in [0.25, 0.3) is 0 Å². The molecule has 6 N–H and O–H groups in total. The molecule has 0 radical (unpaired) electrons. The minimum atomic E-state index is -1.55. The summed E-state index contributed by atoms with van der Waals surface area (Å²) in [5.74, 6) is -0.143. The highest BCUT2D eigenvalue weighted by atomic mass is 16.7. The Bertz CT molecular complexity index is 756. The van der Waals surface area contributed by atoms with Gasteiger partial charge in [0, 0.05) is 6.42 Å². The average Bonchev–Trinajstić information content (AvgIpc) is 3.11. The zero-order valence-corrected chi connectivity index (χ0v) is 32.4. The van der Waals surface area contributed by atoms with Crippen LogP contribution in [0.15, 0.2) is 0 Å². The largest absolute Gasteiger partial charge is 0.394 e. The molecule has 1 fully saturated rings. The normalized spacial score (nSPS) is 22.1. The molecule has 0 aromatic carbocycles. The number of carbonyl (C=O) groups is 1. The van der Waals surface area contributed by atoms with Gasteiger partial charge < -0.3 is 40.3 Å². The predicted octanol–water partition coefficient (Wildman–Crippen LogP) is 8.00. The summed E-state index contributed by atoms with van der Waals surface area (Å²) in [6.07, 6.45) is 26.7. The van der Waals surface area contributed by atoms with Crippen molar-refractivity contribution in [2.45, 2.75) is 243 Å². The fourth-order valence-corrected chi connectivity index (χ4v) is 6.98. The Morgan fingerprint density at radius 1 is 0.600 bits per heavy atom. The van der Waals surface area contributed by atoms with Gasteiger partial charge >= 0.3 is 0 Å². The minimum Gasteiger partial charge on any atom is -0.394 e. The van der Waals surface area contributed by atoms with Crippen LogP contribution in [-0.2, 0) is 14.3 Å². The van der Waals surface area contributed by atoms with Crippen molar-refractivity contribution in [2.24, 2.45) is 0 Å². The van der Waals surface area contributed by atoms with E-state index in [1.807, 2.05) is 0 Å². The first-order valence-electron chi connectivity index (χ1n) is 21.2. The summed E-state index contributed by atoms with van der Waals surface area (Å²) < 4.78 is 11.2. The van der Waals surface area contributed by atoms with Gasteiger partial charge in [0.05, 0.1) is 25.4 Å². The number of rotatable bonds is 35. The van der Waals surface area contributed by atoms with E-state index in [0.29, 0.717) is 12.8 Å². The van der Waals surface area contributed by atoms with Crippen LogP contribution in [0.4, 0.5) is 0 Å². The van der Waals surface area contributed by atoms with Crippen molar-refractivity contribution in [3.8, 4) is 0 Å². The van der Waals surface area contributed by atoms with Crippen LogP contribution >= 0.6 is 0 Å².